The highest BCUT2D eigenvalue weighted by atomic mass is 32.1. The van der Waals surface area contributed by atoms with E-state index in [-0.39, 0.29) is 11.9 Å². The first-order valence-electron chi connectivity index (χ1n) is 7.20. The van der Waals surface area contributed by atoms with E-state index in [1.807, 2.05) is 41.8 Å². The molecule has 0 aliphatic carbocycles. The Balaban J connectivity index is 1.72. The summed E-state index contributed by atoms with van der Waals surface area (Å²) < 4.78 is 19.0. The number of oxazole rings is 1. The Kier molecular flexibility index (Phi) is 3.55. The third-order valence-electron chi connectivity index (χ3n) is 3.59. The predicted molar refractivity (Wildman–Crippen MR) is 90.2 cm³/mol. The fraction of sp³-hybridized carbons (Fsp3) is 0.0556. The van der Waals surface area contributed by atoms with Crippen LogP contribution in [0.15, 0.2) is 70.5 Å². The predicted octanol–water partition coefficient (Wildman–Crippen LogP) is 5.23. The maximum Gasteiger partial charge on any atom is 0.296 e. The van der Waals surface area contributed by atoms with Crippen molar-refractivity contribution < 1.29 is 8.81 Å². The fourth-order valence-corrected chi connectivity index (χ4v) is 3.29. The molecule has 4 rings (SSSR count). The number of aromatic nitrogens is 1. The molecule has 0 aliphatic rings. The van der Waals surface area contributed by atoms with Crippen molar-refractivity contribution in [3.63, 3.8) is 0 Å². The molecule has 3 nitrogen and oxygen atoms in total. The van der Waals surface area contributed by atoms with Gasteiger partial charge in [-0.3, -0.25) is 0 Å². The number of hydrogen-bond acceptors (Lipinski definition) is 4. The van der Waals surface area contributed by atoms with Crippen molar-refractivity contribution in [3.05, 3.63) is 82.3 Å². The van der Waals surface area contributed by atoms with E-state index < -0.39 is 0 Å². The van der Waals surface area contributed by atoms with Crippen LogP contribution in [0, 0.1) is 5.82 Å². The molecule has 114 valence electrons. The second kappa shape index (κ2) is 5.85. The van der Waals surface area contributed by atoms with E-state index in [2.05, 4.69) is 10.3 Å². The Labute approximate surface area is 136 Å². The molecular weight excluding hydrogens is 311 g/mol. The summed E-state index contributed by atoms with van der Waals surface area (Å²) in [5.74, 6) is -0.249. The van der Waals surface area contributed by atoms with Crippen LogP contribution in [0.5, 0.6) is 0 Å². The number of rotatable bonds is 4. The molecule has 1 atom stereocenters. The minimum absolute atomic E-state index is 0.135. The van der Waals surface area contributed by atoms with Gasteiger partial charge in [0.2, 0.25) is 0 Å². The average Bonchev–Trinajstić information content (AvgIpc) is 3.22. The molecule has 2 aromatic carbocycles. The Hall–Kier alpha value is -2.66. The number of hydrogen-bond donors (Lipinski definition) is 1. The van der Waals surface area contributed by atoms with Gasteiger partial charge in [0.1, 0.15) is 11.3 Å². The lowest BCUT2D eigenvalue weighted by molar-refractivity contribution is 0.607. The van der Waals surface area contributed by atoms with Gasteiger partial charge in [-0.2, -0.15) is 4.98 Å². The van der Waals surface area contributed by atoms with Gasteiger partial charge >= 0.3 is 0 Å². The van der Waals surface area contributed by atoms with Crippen molar-refractivity contribution in [2.75, 3.05) is 5.32 Å². The van der Waals surface area contributed by atoms with E-state index >= 15 is 0 Å². The highest BCUT2D eigenvalue weighted by molar-refractivity contribution is 7.10. The number of fused-ring (bicyclic) bond motifs is 1. The molecule has 2 heterocycles. The van der Waals surface area contributed by atoms with Crippen molar-refractivity contribution >= 4 is 28.5 Å². The summed E-state index contributed by atoms with van der Waals surface area (Å²) in [6.45, 7) is 0. The smallest absolute Gasteiger partial charge is 0.296 e. The average molecular weight is 324 g/mol. The molecule has 0 radical (unpaired) electrons. The Bertz CT molecular complexity index is 883. The first-order valence-corrected chi connectivity index (χ1v) is 8.08. The second-order valence-electron chi connectivity index (χ2n) is 5.13. The summed E-state index contributed by atoms with van der Waals surface area (Å²) >= 11 is 1.63. The molecule has 2 aromatic heterocycles. The first kappa shape index (κ1) is 14.0. The largest absolute Gasteiger partial charge is 0.424 e. The van der Waals surface area contributed by atoms with E-state index in [4.69, 9.17) is 4.42 Å². The van der Waals surface area contributed by atoms with Gasteiger partial charge in [0.25, 0.3) is 6.01 Å². The standard InChI is InChI=1S/C18H13FN2OS/c19-13-9-7-12(8-10-13)17(16-6-3-11-23-16)21-18-20-14-4-1-2-5-15(14)22-18/h1-11,17H,(H,20,21)/t17-/m0/s1. The SMILES string of the molecule is Fc1ccc([C@H](Nc2nc3ccccc3o2)c2cccs2)cc1. The number of anilines is 1. The number of nitrogens with one attached hydrogen (secondary N) is 1. The van der Waals surface area contributed by atoms with Crippen LogP contribution < -0.4 is 5.32 Å². The van der Waals surface area contributed by atoms with Gasteiger partial charge < -0.3 is 9.73 Å². The third-order valence-corrected chi connectivity index (χ3v) is 4.53. The summed E-state index contributed by atoms with van der Waals surface area (Å²) in [5, 5.41) is 5.33. The zero-order chi connectivity index (χ0) is 15.6. The molecule has 4 aromatic rings. The minimum atomic E-state index is -0.249. The summed E-state index contributed by atoms with van der Waals surface area (Å²) in [6.07, 6.45) is 0. The molecule has 0 fully saturated rings. The second-order valence-corrected chi connectivity index (χ2v) is 6.11. The highest BCUT2D eigenvalue weighted by Crippen LogP contribution is 2.30. The van der Waals surface area contributed by atoms with Gasteiger partial charge in [0, 0.05) is 4.88 Å². The maximum absolute atomic E-state index is 13.2. The third kappa shape index (κ3) is 2.83. The highest BCUT2D eigenvalue weighted by Gasteiger charge is 2.18. The fourth-order valence-electron chi connectivity index (χ4n) is 2.49. The molecular formula is C18H13FN2OS. The molecule has 0 amide bonds. The zero-order valence-corrected chi connectivity index (χ0v) is 12.9. The van der Waals surface area contributed by atoms with E-state index in [0.717, 1.165) is 21.5 Å². The van der Waals surface area contributed by atoms with Crippen LogP contribution >= 0.6 is 11.3 Å². The van der Waals surface area contributed by atoms with Crippen LogP contribution in [0.1, 0.15) is 16.5 Å². The van der Waals surface area contributed by atoms with Crippen molar-refractivity contribution in [2.45, 2.75) is 6.04 Å². The van der Waals surface area contributed by atoms with Crippen molar-refractivity contribution in [1.82, 2.24) is 4.98 Å². The molecule has 1 N–H and O–H groups in total. The monoisotopic (exact) mass is 324 g/mol. The molecule has 0 aliphatic heterocycles. The van der Waals surface area contributed by atoms with E-state index in [9.17, 15) is 4.39 Å². The lowest BCUT2D eigenvalue weighted by Crippen LogP contribution is -2.11. The van der Waals surface area contributed by atoms with Crippen LogP contribution in [-0.2, 0) is 0 Å². The quantitative estimate of drug-likeness (QED) is 0.558. The van der Waals surface area contributed by atoms with Gasteiger partial charge in [0.15, 0.2) is 5.58 Å². The molecule has 0 bridgehead atoms. The van der Waals surface area contributed by atoms with Crippen LogP contribution in [0.2, 0.25) is 0 Å². The molecule has 5 heteroatoms. The Morgan fingerprint density at radius 2 is 1.83 bits per heavy atom. The maximum atomic E-state index is 13.2. The lowest BCUT2D eigenvalue weighted by Gasteiger charge is -2.16. The Morgan fingerprint density at radius 1 is 1.00 bits per heavy atom. The molecule has 23 heavy (non-hydrogen) atoms. The zero-order valence-electron chi connectivity index (χ0n) is 12.1. The van der Waals surface area contributed by atoms with Gasteiger partial charge in [-0.05, 0) is 41.3 Å². The number of halogens is 1. The normalized spacial score (nSPS) is 12.4. The minimum Gasteiger partial charge on any atom is -0.424 e. The van der Waals surface area contributed by atoms with Crippen LogP contribution in [0.3, 0.4) is 0 Å². The molecule has 0 unspecified atom stereocenters. The van der Waals surface area contributed by atoms with Crippen molar-refractivity contribution in [3.8, 4) is 0 Å². The van der Waals surface area contributed by atoms with Crippen molar-refractivity contribution in [2.24, 2.45) is 0 Å². The Morgan fingerprint density at radius 3 is 2.57 bits per heavy atom. The first-order chi connectivity index (χ1) is 11.3. The van der Waals surface area contributed by atoms with Crippen molar-refractivity contribution in [1.29, 1.82) is 0 Å². The van der Waals surface area contributed by atoms with E-state index in [0.29, 0.717) is 6.01 Å². The van der Waals surface area contributed by atoms with Gasteiger partial charge in [-0.15, -0.1) is 11.3 Å². The summed E-state index contributed by atoms with van der Waals surface area (Å²) in [5.41, 5.74) is 2.49. The van der Waals surface area contributed by atoms with Crippen LogP contribution in [0.4, 0.5) is 10.4 Å². The molecule has 0 saturated heterocycles. The van der Waals surface area contributed by atoms with E-state index in [1.165, 1.54) is 12.1 Å². The van der Waals surface area contributed by atoms with Crippen LogP contribution in [-0.4, -0.2) is 4.98 Å². The lowest BCUT2D eigenvalue weighted by atomic mass is 10.1. The number of thiophene rings is 1. The number of benzene rings is 2. The van der Waals surface area contributed by atoms with Gasteiger partial charge in [-0.1, -0.05) is 30.3 Å². The topological polar surface area (TPSA) is 38.1 Å². The molecule has 0 saturated carbocycles. The number of para-hydroxylation sites is 2. The van der Waals surface area contributed by atoms with E-state index in [1.54, 1.807) is 23.5 Å². The number of nitrogens with zero attached hydrogens (tertiary/aromatic N) is 1. The van der Waals surface area contributed by atoms with Crippen LogP contribution in [0.25, 0.3) is 11.1 Å². The summed E-state index contributed by atoms with van der Waals surface area (Å²) in [6, 6.07) is 18.4. The summed E-state index contributed by atoms with van der Waals surface area (Å²) in [7, 11) is 0. The summed E-state index contributed by atoms with van der Waals surface area (Å²) in [4.78, 5) is 5.57. The van der Waals surface area contributed by atoms with Gasteiger partial charge in [0.05, 0.1) is 6.04 Å². The van der Waals surface area contributed by atoms with Gasteiger partial charge in [-0.25, -0.2) is 4.39 Å². The molecule has 0 spiro atoms.